The number of carbonyl (C=O) groups is 2. The maximum atomic E-state index is 13.0. The highest BCUT2D eigenvalue weighted by atomic mass is 35.5. The molecule has 0 saturated heterocycles. The molecule has 124 valence electrons. The summed E-state index contributed by atoms with van der Waals surface area (Å²) in [6.07, 6.45) is 0.165. The van der Waals surface area contributed by atoms with E-state index in [-0.39, 0.29) is 12.3 Å². The van der Waals surface area contributed by atoms with Crippen LogP contribution in [-0.4, -0.2) is 27.5 Å². The van der Waals surface area contributed by atoms with E-state index in [9.17, 15) is 9.59 Å². The van der Waals surface area contributed by atoms with Gasteiger partial charge in [0.25, 0.3) is 11.8 Å². The van der Waals surface area contributed by atoms with Crippen LogP contribution in [0.3, 0.4) is 0 Å². The molecule has 6 heteroatoms. The first-order valence-electron chi connectivity index (χ1n) is 7.82. The monoisotopic (exact) mass is 351 g/mol. The average molecular weight is 352 g/mol. The van der Waals surface area contributed by atoms with Crippen molar-refractivity contribution in [3.63, 3.8) is 0 Å². The third kappa shape index (κ3) is 2.62. The third-order valence-corrected chi connectivity index (χ3v) is 4.38. The van der Waals surface area contributed by atoms with Gasteiger partial charge in [-0.05, 0) is 30.7 Å². The van der Waals surface area contributed by atoms with Gasteiger partial charge in [-0.3, -0.25) is 9.59 Å². The zero-order chi connectivity index (χ0) is 17.6. The highest BCUT2D eigenvalue weighted by molar-refractivity contribution is 6.31. The fraction of sp³-hybridized carbons (Fsp3) is 0.105. The number of fused-ring (bicyclic) bond motifs is 1. The molecule has 0 saturated carbocycles. The Hall–Kier alpha value is -2.92. The van der Waals surface area contributed by atoms with Crippen molar-refractivity contribution in [3.05, 3.63) is 59.2 Å². The van der Waals surface area contributed by atoms with Gasteiger partial charge in [0, 0.05) is 27.2 Å². The Morgan fingerprint density at radius 3 is 2.64 bits per heavy atom. The topological polar surface area (TPSA) is 65.5 Å². The molecule has 1 aliphatic heterocycles. The van der Waals surface area contributed by atoms with Gasteiger partial charge in [0.2, 0.25) is 0 Å². The van der Waals surface area contributed by atoms with E-state index in [0.717, 1.165) is 27.0 Å². The smallest absolute Gasteiger partial charge is 0.298 e. The number of halogens is 1. The number of nitrogens with one attached hydrogen (secondary N) is 1. The number of H-pyrrole nitrogens is 1. The van der Waals surface area contributed by atoms with E-state index in [1.54, 1.807) is 13.0 Å². The summed E-state index contributed by atoms with van der Waals surface area (Å²) in [6.45, 7) is 1.73. The van der Waals surface area contributed by atoms with Crippen LogP contribution in [-0.2, 0) is 4.79 Å². The Bertz CT molecular complexity index is 1040. The van der Waals surface area contributed by atoms with Crippen LogP contribution in [0, 0.1) is 0 Å². The minimum absolute atomic E-state index is 0.165. The number of imide groups is 1. The lowest BCUT2D eigenvalue weighted by Crippen LogP contribution is -2.29. The van der Waals surface area contributed by atoms with Crippen molar-refractivity contribution >= 4 is 40.0 Å². The van der Waals surface area contributed by atoms with Gasteiger partial charge in [0.15, 0.2) is 0 Å². The van der Waals surface area contributed by atoms with Gasteiger partial charge in [0.1, 0.15) is 5.69 Å². The van der Waals surface area contributed by atoms with Gasteiger partial charge < -0.3 is 4.98 Å². The van der Waals surface area contributed by atoms with Crippen molar-refractivity contribution in [1.29, 1.82) is 0 Å². The number of aromatic amines is 1. The lowest BCUT2D eigenvalue weighted by Gasteiger charge is -2.10. The lowest BCUT2D eigenvalue weighted by atomic mass is 10.0. The van der Waals surface area contributed by atoms with Crippen molar-refractivity contribution in [2.24, 2.45) is 5.10 Å². The molecule has 0 bridgehead atoms. The molecule has 2 heterocycles. The second-order valence-corrected chi connectivity index (χ2v) is 6.39. The van der Waals surface area contributed by atoms with Crippen LogP contribution >= 0.6 is 11.6 Å². The molecule has 1 N–H and O–H groups in total. The van der Waals surface area contributed by atoms with E-state index in [1.165, 1.54) is 0 Å². The Kier molecular flexibility index (Phi) is 3.66. The highest BCUT2D eigenvalue weighted by Crippen LogP contribution is 2.35. The maximum absolute atomic E-state index is 13.0. The lowest BCUT2D eigenvalue weighted by molar-refractivity contribution is -0.126. The molecule has 0 spiro atoms. The molecule has 1 aromatic heterocycles. The molecule has 0 radical (unpaired) electrons. The van der Waals surface area contributed by atoms with Gasteiger partial charge in [-0.15, -0.1) is 0 Å². The van der Waals surface area contributed by atoms with Gasteiger partial charge in [-0.25, -0.2) is 0 Å². The van der Waals surface area contributed by atoms with Crippen LogP contribution in [0.2, 0.25) is 5.02 Å². The largest absolute Gasteiger partial charge is 0.350 e. The van der Waals surface area contributed by atoms with Gasteiger partial charge in [-0.2, -0.15) is 10.1 Å². The highest BCUT2D eigenvalue weighted by Gasteiger charge is 2.31. The predicted octanol–water partition coefficient (Wildman–Crippen LogP) is 4.24. The zero-order valence-corrected chi connectivity index (χ0v) is 14.2. The maximum Gasteiger partial charge on any atom is 0.298 e. The first-order valence-corrected chi connectivity index (χ1v) is 8.20. The van der Waals surface area contributed by atoms with Gasteiger partial charge in [-0.1, -0.05) is 41.9 Å². The minimum Gasteiger partial charge on any atom is -0.350 e. The Morgan fingerprint density at radius 2 is 1.96 bits per heavy atom. The van der Waals surface area contributed by atoms with E-state index < -0.39 is 5.91 Å². The zero-order valence-electron chi connectivity index (χ0n) is 13.4. The summed E-state index contributed by atoms with van der Waals surface area (Å²) in [5, 5.41) is 6.42. The van der Waals surface area contributed by atoms with E-state index in [1.807, 2.05) is 42.5 Å². The van der Waals surface area contributed by atoms with E-state index in [0.29, 0.717) is 16.4 Å². The summed E-state index contributed by atoms with van der Waals surface area (Å²) in [6, 6.07) is 14.9. The standard InChI is InChI=1S/C19H14ClN3O2/c1-11-9-16(24)23(22-11)19(25)18-17(12-5-3-2-4-6-12)14-10-13(20)7-8-15(14)21-18/h2-8,10,21H,9H2,1H3. The molecular weight excluding hydrogens is 338 g/mol. The molecule has 5 nitrogen and oxygen atoms in total. The van der Waals surface area contributed by atoms with Gasteiger partial charge >= 0.3 is 0 Å². The number of aromatic nitrogens is 1. The third-order valence-electron chi connectivity index (χ3n) is 4.14. The first-order chi connectivity index (χ1) is 12.0. The van der Waals surface area contributed by atoms with Crippen LogP contribution in [0.25, 0.3) is 22.0 Å². The van der Waals surface area contributed by atoms with E-state index in [4.69, 9.17) is 11.6 Å². The van der Waals surface area contributed by atoms with Crippen LogP contribution in [0.1, 0.15) is 23.8 Å². The number of benzene rings is 2. The van der Waals surface area contributed by atoms with Crippen LogP contribution < -0.4 is 0 Å². The summed E-state index contributed by atoms with van der Waals surface area (Å²) in [5.41, 5.74) is 3.32. The number of carbonyl (C=O) groups excluding carboxylic acids is 2. The number of hydrogen-bond acceptors (Lipinski definition) is 3. The van der Waals surface area contributed by atoms with Crippen molar-refractivity contribution in [2.75, 3.05) is 0 Å². The molecule has 4 rings (SSSR count). The number of hydrogen-bond donors (Lipinski definition) is 1. The van der Waals surface area contributed by atoms with Gasteiger partial charge in [0.05, 0.1) is 6.42 Å². The number of amides is 2. The van der Waals surface area contributed by atoms with Crippen LogP contribution in [0.15, 0.2) is 53.6 Å². The molecule has 0 unspecified atom stereocenters. The molecular formula is C19H14ClN3O2. The fourth-order valence-corrected chi connectivity index (χ4v) is 3.22. The molecule has 0 aliphatic carbocycles. The Balaban J connectivity index is 1.95. The predicted molar refractivity (Wildman–Crippen MR) is 97.6 cm³/mol. The number of nitrogens with zero attached hydrogens (tertiary/aromatic N) is 2. The quantitative estimate of drug-likeness (QED) is 0.702. The molecule has 1 aliphatic rings. The van der Waals surface area contributed by atoms with E-state index >= 15 is 0 Å². The molecule has 0 atom stereocenters. The van der Waals surface area contributed by atoms with Crippen LogP contribution in [0.5, 0.6) is 0 Å². The second kappa shape index (κ2) is 5.86. The average Bonchev–Trinajstić information content (AvgIpc) is 3.14. The van der Waals surface area contributed by atoms with Crippen molar-refractivity contribution in [1.82, 2.24) is 9.99 Å². The summed E-state index contributed by atoms with van der Waals surface area (Å²) in [4.78, 5) is 28.2. The van der Waals surface area contributed by atoms with Crippen molar-refractivity contribution in [3.8, 4) is 11.1 Å². The second-order valence-electron chi connectivity index (χ2n) is 5.95. The fourth-order valence-electron chi connectivity index (χ4n) is 3.05. The Morgan fingerprint density at radius 1 is 1.20 bits per heavy atom. The summed E-state index contributed by atoms with van der Waals surface area (Å²) in [7, 11) is 0. The van der Waals surface area contributed by atoms with Crippen LogP contribution in [0.4, 0.5) is 0 Å². The Labute approximate surface area is 148 Å². The molecule has 0 fully saturated rings. The number of hydrazone groups is 1. The summed E-state index contributed by atoms with van der Waals surface area (Å²) >= 11 is 6.15. The summed E-state index contributed by atoms with van der Waals surface area (Å²) in [5.74, 6) is -0.786. The summed E-state index contributed by atoms with van der Waals surface area (Å²) < 4.78 is 0. The molecule has 2 aromatic carbocycles. The molecule has 3 aromatic rings. The minimum atomic E-state index is -0.465. The SMILES string of the molecule is CC1=NN(C(=O)c2[nH]c3ccc(Cl)cc3c2-c2ccccc2)C(=O)C1. The van der Waals surface area contributed by atoms with E-state index in [2.05, 4.69) is 10.1 Å². The molecule has 2 amide bonds. The molecule has 25 heavy (non-hydrogen) atoms. The normalized spacial score (nSPS) is 14.2. The van der Waals surface area contributed by atoms with Crippen molar-refractivity contribution < 1.29 is 9.59 Å². The van der Waals surface area contributed by atoms with Crippen molar-refractivity contribution in [2.45, 2.75) is 13.3 Å². The number of rotatable bonds is 2. The first kappa shape index (κ1) is 15.6.